The fourth-order valence-electron chi connectivity index (χ4n) is 2.81. The third-order valence-electron chi connectivity index (χ3n) is 4.21. The lowest BCUT2D eigenvalue weighted by atomic mass is 9.86. The van der Waals surface area contributed by atoms with E-state index in [1.54, 1.807) is 6.08 Å². The molecule has 0 spiro atoms. The van der Waals surface area contributed by atoms with Crippen LogP contribution in [0.2, 0.25) is 0 Å². The van der Waals surface area contributed by atoms with Crippen LogP contribution in [0.1, 0.15) is 38.5 Å². The maximum absolute atomic E-state index is 11.9. The Morgan fingerprint density at radius 3 is 2.77 bits per heavy atom. The van der Waals surface area contributed by atoms with Crippen LogP contribution in [-0.2, 0) is 14.3 Å². The molecule has 0 radical (unpaired) electrons. The van der Waals surface area contributed by atoms with Gasteiger partial charge in [0.2, 0.25) is 0 Å². The molecule has 22 heavy (non-hydrogen) atoms. The first kappa shape index (κ1) is 16.7. The normalized spacial score (nSPS) is 31.9. The van der Waals surface area contributed by atoms with Crippen LogP contribution in [0.4, 0.5) is 0 Å². The van der Waals surface area contributed by atoms with Crippen LogP contribution in [0.5, 0.6) is 0 Å². The van der Waals surface area contributed by atoms with Gasteiger partial charge in [0, 0.05) is 18.8 Å². The second kappa shape index (κ2) is 7.56. The summed E-state index contributed by atoms with van der Waals surface area (Å²) in [5.41, 5.74) is 0.859. The van der Waals surface area contributed by atoms with E-state index in [1.807, 2.05) is 0 Å². The Balaban J connectivity index is 1.79. The molecule has 1 fully saturated rings. The highest BCUT2D eigenvalue weighted by Gasteiger charge is 2.31. The summed E-state index contributed by atoms with van der Waals surface area (Å²) < 4.78 is 5.27. The monoisotopic (exact) mass is 310 g/mol. The molecule has 0 aromatic heterocycles. The Morgan fingerprint density at radius 2 is 2.09 bits per heavy atom. The van der Waals surface area contributed by atoms with Gasteiger partial charge in [-0.1, -0.05) is 11.6 Å². The van der Waals surface area contributed by atoms with Crippen molar-refractivity contribution in [1.29, 1.82) is 0 Å². The molecule has 3 N–H and O–H groups in total. The molecule has 0 saturated heterocycles. The van der Waals surface area contributed by atoms with Crippen molar-refractivity contribution in [3.63, 3.8) is 0 Å². The van der Waals surface area contributed by atoms with Crippen LogP contribution < -0.4 is 0 Å². The predicted molar refractivity (Wildman–Crippen MR) is 77.9 cm³/mol. The summed E-state index contributed by atoms with van der Waals surface area (Å²) in [7, 11) is 0. The molecule has 1 saturated carbocycles. The minimum Gasteiger partial charge on any atom is -0.510 e. The smallest absolute Gasteiger partial charge is 0.306 e. The highest BCUT2D eigenvalue weighted by molar-refractivity contribution is 5.70. The second-order valence-corrected chi connectivity index (χ2v) is 5.94. The number of aldehydes is 1. The lowest BCUT2D eigenvalue weighted by molar-refractivity contribution is -0.159. The highest BCUT2D eigenvalue weighted by Crippen LogP contribution is 2.26. The van der Waals surface area contributed by atoms with E-state index in [1.165, 1.54) is 6.08 Å². The second-order valence-electron chi connectivity index (χ2n) is 5.94. The number of aliphatic hydroxyl groups excluding tert-OH is 3. The number of ether oxygens (including phenoxy) is 1. The largest absolute Gasteiger partial charge is 0.510 e. The van der Waals surface area contributed by atoms with Crippen molar-refractivity contribution in [1.82, 2.24) is 0 Å². The summed E-state index contributed by atoms with van der Waals surface area (Å²) in [5, 5.41) is 28.6. The third kappa shape index (κ3) is 4.42. The summed E-state index contributed by atoms with van der Waals surface area (Å²) in [4.78, 5) is 22.7. The lowest BCUT2D eigenvalue weighted by Gasteiger charge is -2.30. The number of rotatable bonds is 5. The zero-order valence-electron chi connectivity index (χ0n) is 12.4. The fraction of sp³-hybridized carbons (Fsp3) is 0.625. The molecule has 0 amide bonds. The van der Waals surface area contributed by atoms with Crippen molar-refractivity contribution >= 4 is 12.3 Å². The van der Waals surface area contributed by atoms with Gasteiger partial charge in [0.25, 0.3) is 0 Å². The first-order valence-electron chi connectivity index (χ1n) is 7.59. The van der Waals surface area contributed by atoms with Crippen LogP contribution in [0, 0.1) is 5.92 Å². The summed E-state index contributed by atoms with van der Waals surface area (Å²) in [6, 6.07) is 0. The summed E-state index contributed by atoms with van der Waals surface area (Å²) >= 11 is 0. The lowest BCUT2D eigenvalue weighted by Crippen LogP contribution is -2.37. The van der Waals surface area contributed by atoms with E-state index in [0.29, 0.717) is 32.1 Å². The maximum atomic E-state index is 11.9. The van der Waals surface area contributed by atoms with Crippen molar-refractivity contribution < 1.29 is 29.6 Å². The fourth-order valence-corrected chi connectivity index (χ4v) is 2.81. The van der Waals surface area contributed by atoms with Gasteiger partial charge in [-0.05, 0) is 31.8 Å². The minimum absolute atomic E-state index is 0.0726. The number of allylic oxidation sites excluding steroid dienone is 2. The molecule has 122 valence electrons. The van der Waals surface area contributed by atoms with Gasteiger partial charge in [0.1, 0.15) is 24.3 Å². The number of hydrogen-bond donors (Lipinski definition) is 3. The Kier molecular flexibility index (Phi) is 5.74. The van der Waals surface area contributed by atoms with Gasteiger partial charge in [-0.15, -0.1) is 0 Å². The molecular formula is C16H22O6. The predicted octanol–water partition coefficient (Wildman–Crippen LogP) is 1.17. The molecule has 2 rings (SSSR count). The van der Waals surface area contributed by atoms with Crippen LogP contribution >= 0.6 is 0 Å². The standard InChI is InChI=1S/C16H22O6/c17-9-11-2-5-13(19)15(8-11)22-16(21)6-3-10-1-4-12(18)14(20)7-10/h1,4,9,11,13-15,18-20H,2-3,5-8H2. The minimum atomic E-state index is -0.912. The van der Waals surface area contributed by atoms with E-state index >= 15 is 0 Å². The molecule has 2 aliphatic carbocycles. The van der Waals surface area contributed by atoms with Gasteiger partial charge >= 0.3 is 5.97 Å². The number of hydrogen-bond acceptors (Lipinski definition) is 6. The Morgan fingerprint density at radius 1 is 1.32 bits per heavy atom. The van der Waals surface area contributed by atoms with Crippen molar-refractivity contribution in [2.75, 3.05) is 0 Å². The Hall–Kier alpha value is -1.66. The molecule has 0 heterocycles. The maximum Gasteiger partial charge on any atom is 0.306 e. The summed E-state index contributed by atoms with van der Waals surface area (Å²) in [6.45, 7) is 0. The molecule has 0 bridgehead atoms. The molecule has 0 aromatic rings. The molecule has 2 aliphatic rings. The van der Waals surface area contributed by atoms with E-state index in [9.17, 15) is 24.9 Å². The zero-order chi connectivity index (χ0) is 16.1. The quantitative estimate of drug-likeness (QED) is 0.520. The van der Waals surface area contributed by atoms with E-state index in [4.69, 9.17) is 4.74 Å². The van der Waals surface area contributed by atoms with E-state index in [0.717, 1.165) is 11.9 Å². The number of carbonyl (C=O) groups excluding carboxylic acids is 2. The molecule has 4 atom stereocenters. The average Bonchev–Trinajstić information content (AvgIpc) is 2.50. The third-order valence-corrected chi connectivity index (χ3v) is 4.21. The van der Waals surface area contributed by atoms with Crippen LogP contribution in [0.15, 0.2) is 23.5 Å². The van der Waals surface area contributed by atoms with E-state index < -0.39 is 24.3 Å². The van der Waals surface area contributed by atoms with Gasteiger partial charge in [-0.3, -0.25) is 4.79 Å². The van der Waals surface area contributed by atoms with Gasteiger partial charge in [0.15, 0.2) is 0 Å². The molecule has 6 nitrogen and oxygen atoms in total. The molecule has 4 unspecified atom stereocenters. The first-order valence-corrected chi connectivity index (χ1v) is 7.59. The van der Waals surface area contributed by atoms with Gasteiger partial charge in [-0.25, -0.2) is 0 Å². The Bertz CT molecular complexity index is 481. The molecule has 0 aliphatic heterocycles. The summed E-state index contributed by atoms with van der Waals surface area (Å²) in [5.74, 6) is -0.660. The van der Waals surface area contributed by atoms with Gasteiger partial charge in [-0.2, -0.15) is 0 Å². The first-order chi connectivity index (χ1) is 10.5. The number of carbonyl (C=O) groups is 2. The SMILES string of the molecule is O=CC1CCC(O)C(OC(=O)CCC2=CC=C(O)C(O)C2)C1. The van der Waals surface area contributed by atoms with E-state index in [-0.39, 0.29) is 18.1 Å². The number of esters is 1. The van der Waals surface area contributed by atoms with Crippen molar-refractivity contribution in [3.8, 4) is 0 Å². The molecular weight excluding hydrogens is 288 g/mol. The molecule has 6 heteroatoms. The van der Waals surface area contributed by atoms with Crippen molar-refractivity contribution in [2.45, 2.75) is 56.8 Å². The van der Waals surface area contributed by atoms with Crippen LogP contribution in [-0.4, -0.2) is 45.9 Å². The average molecular weight is 310 g/mol. The highest BCUT2D eigenvalue weighted by atomic mass is 16.6. The zero-order valence-corrected chi connectivity index (χ0v) is 12.4. The van der Waals surface area contributed by atoms with Crippen LogP contribution in [0.3, 0.4) is 0 Å². The molecule has 0 aromatic carbocycles. The van der Waals surface area contributed by atoms with E-state index in [2.05, 4.69) is 0 Å². The van der Waals surface area contributed by atoms with Gasteiger partial charge in [0.05, 0.1) is 6.10 Å². The van der Waals surface area contributed by atoms with Crippen LogP contribution in [0.25, 0.3) is 0 Å². The van der Waals surface area contributed by atoms with Gasteiger partial charge < -0.3 is 24.9 Å². The number of aliphatic hydroxyl groups is 3. The van der Waals surface area contributed by atoms with Crippen molar-refractivity contribution in [3.05, 3.63) is 23.5 Å². The Labute approximate surface area is 129 Å². The van der Waals surface area contributed by atoms with Crippen molar-refractivity contribution in [2.24, 2.45) is 5.92 Å². The summed E-state index contributed by atoms with van der Waals surface area (Å²) in [6.07, 6.45) is 4.04. The topological polar surface area (TPSA) is 104 Å².